The predicted octanol–water partition coefficient (Wildman–Crippen LogP) is 3.54. The van der Waals surface area contributed by atoms with Crippen LogP contribution in [0.15, 0.2) is 70.5 Å². The monoisotopic (exact) mass is 396 g/mol. The topological polar surface area (TPSA) is 69.8 Å². The van der Waals surface area contributed by atoms with Crippen molar-refractivity contribution in [1.82, 2.24) is 18.4 Å². The molecule has 8 heteroatoms. The first-order chi connectivity index (χ1) is 12.9. The summed E-state index contributed by atoms with van der Waals surface area (Å²) in [6.07, 6.45) is 3.34. The second kappa shape index (κ2) is 6.86. The molecule has 0 fully saturated rings. The summed E-state index contributed by atoms with van der Waals surface area (Å²) in [7, 11) is 0. The minimum Gasteiger partial charge on any atom is -0.266 e. The molecule has 0 aliphatic carbocycles. The maximum Gasteiger partial charge on any atom is 0.285 e. The van der Waals surface area contributed by atoms with Gasteiger partial charge in [0.25, 0.3) is 11.1 Å². The van der Waals surface area contributed by atoms with Crippen molar-refractivity contribution in [2.45, 2.75) is 17.9 Å². The highest BCUT2D eigenvalue weighted by molar-refractivity contribution is 8.16. The second-order valence-electron chi connectivity index (χ2n) is 6.40. The smallest absolute Gasteiger partial charge is 0.266 e. The standard InChI is InChI=1S/C19H16N4O2S2/c1-19(2,26-22-17(24)15-9-5-3-7-13(15)11-20-22)27-23-18(25)16-10-6-4-8-14(16)12-21-23/h3-12H,1-2H3. The number of aromatic nitrogens is 4. The van der Waals surface area contributed by atoms with E-state index in [4.69, 9.17) is 0 Å². The average molecular weight is 396 g/mol. The lowest BCUT2D eigenvalue weighted by Crippen LogP contribution is -2.27. The number of fused-ring (bicyclic) bond motifs is 2. The molecule has 0 saturated carbocycles. The third-order valence-electron chi connectivity index (χ3n) is 3.95. The van der Waals surface area contributed by atoms with Crippen molar-refractivity contribution in [3.05, 3.63) is 81.6 Å². The molecule has 0 saturated heterocycles. The summed E-state index contributed by atoms with van der Waals surface area (Å²) in [5, 5.41) is 11.3. The van der Waals surface area contributed by atoms with Gasteiger partial charge in [-0.25, -0.2) is 0 Å². The SMILES string of the molecule is CC(C)(Sn1ncc2ccccc2c1=O)Sn1ncc2ccccc2c1=O. The minimum absolute atomic E-state index is 0.175. The summed E-state index contributed by atoms with van der Waals surface area (Å²) in [5.74, 6) is 0. The van der Waals surface area contributed by atoms with Gasteiger partial charge in [0.05, 0.1) is 27.2 Å². The van der Waals surface area contributed by atoms with Crippen LogP contribution < -0.4 is 11.1 Å². The number of rotatable bonds is 4. The van der Waals surface area contributed by atoms with Gasteiger partial charge in [-0.05, 0) is 49.9 Å². The van der Waals surface area contributed by atoms with Crippen molar-refractivity contribution >= 4 is 45.4 Å². The maximum atomic E-state index is 12.7. The summed E-state index contributed by atoms with van der Waals surface area (Å²) in [5.41, 5.74) is -0.351. The predicted molar refractivity (Wildman–Crippen MR) is 112 cm³/mol. The zero-order chi connectivity index (χ0) is 19.0. The van der Waals surface area contributed by atoms with Crippen molar-refractivity contribution in [3.63, 3.8) is 0 Å². The first-order valence-corrected chi connectivity index (χ1v) is 9.82. The Bertz CT molecular complexity index is 1170. The number of hydrogen-bond donors (Lipinski definition) is 0. The Morgan fingerprint density at radius 2 is 1.15 bits per heavy atom. The average Bonchev–Trinajstić information content (AvgIpc) is 2.66. The van der Waals surface area contributed by atoms with Crippen LogP contribution in [0.25, 0.3) is 21.5 Å². The summed E-state index contributed by atoms with van der Waals surface area (Å²) in [6.45, 7) is 3.85. The van der Waals surface area contributed by atoms with Crippen LogP contribution in [-0.2, 0) is 0 Å². The molecule has 2 aromatic heterocycles. The second-order valence-corrected chi connectivity index (χ2v) is 9.76. The molecule has 6 nitrogen and oxygen atoms in total. The van der Waals surface area contributed by atoms with Gasteiger partial charge >= 0.3 is 0 Å². The van der Waals surface area contributed by atoms with E-state index in [2.05, 4.69) is 10.2 Å². The third kappa shape index (κ3) is 3.50. The Morgan fingerprint density at radius 3 is 1.59 bits per heavy atom. The van der Waals surface area contributed by atoms with Crippen LogP contribution in [-0.4, -0.2) is 22.5 Å². The molecule has 27 heavy (non-hydrogen) atoms. The number of benzene rings is 2. The van der Waals surface area contributed by atoms with Crippen LogP contribution in [0.4, 0.5) is 0 Å². The van der Waals surface area contributed by atoms with E-state index in [9.17, 15) is 9.59 Å². The Balaban J connectivity index is 1.67. The zero-order valence-electron chi connectivity index (χ0n) is 14.7. The van der Waals surface area contributed by atoms with E-state index in [1.165, 1.54) is 32.1 Å². The molecule has 0 aliphatic heterocycles. The molecule has 136 valence electrons. The van der Waals surface area contributed by atoms with E-state index in [-0.39, 0.29) is 11.1 Å². The van der Waals surface area contributed by atoms with Gasteiger partial charge in [0.1, 0.15) is 0 Å². The lowest BCUT2D eigenvalue weighted by atomic mass is 10.2. The number of hydrogen-bond acceptors (Lipinski definition) is 6. The normalized spacial score (nSPS) is 11.9. The molecule has 0 radical (unpaired) electrons. The van der Waals surface area contributed by atoms with Gasteiger partial charge in [0.15, 0.2) is 0 Å². The van der Waals surface area contributed by atoms with Gasteiger partial charge in [0.2, 0.25) is 0 Å². The number of nitrogens with zero attached hydrogens (tertiary/aromatic N) is 4. The fourth-order valence-corrected chi connectivity index (χ4v) is 4.65. The molecular formula is C19H16N4O2S2. The van der Waals surface area contributed by atoms with Crippen LogP contribution >= 0.6 is 23.9 Å². The van der Waals surface area contributed by atoms with Gasteiger partial charge in [-0.2, -0.15) is 18.4 Å². The van der Waals surface area contributed by atoms with Crippen molar-refractivity contribution in [2.75, 3.05) is 0 Å². The van der Waals surface area contributed by atoms with Crippen LogP contribution in [0.2, 0.25) is 0 Å². The Kier molecular flexibility index (Phi) is 4.53. The Morgan fingerprint density at radius 1 is 0.741 bits per heavy atom. The van der Waals surface area contributed by atoms with E-state index in [0.29, 0.717) is 10.8 Å². The molecule has 0 atom stereocenters. The molecule has 0 amide bonds. The maximum absolute atomic E-state index is 12.7. The highest BCUT2D eigenvalue weighted by atomic mass is 32.2. The summed E-state index contributed by atoms with van der Waals surface area (Å²) >= 11 is 2.51. The van der Waals surface area contributed by atoms with Gasteiger partial charge in [0, 0.05) is 10.8 Å². The van der Waals surface area contributed by atoms with Crippen LogP contribution in [0.1, 0.15) is 13.8 Å². The minimum atomic E-state index is -0.557. The largest absolute Gasteiger partial charge is 0.285 e. The molecule has 0 spiro atoms. The quantitative estimate of drug-likeness (QED) is 0.492. The lowest BCUT2D eigenvalue weighted by Gasteiger charge is -2.22. The molecule has 0 N–H and O–H groups in total. The first kappa shape index (κ1) is 17.8. The van der Waals surface area contributed by atoms with Crippen LogP contribution in [0.3, 0.4) is 0 Å². The van der Waals surface area contributed by atoms with Crippen LogP contribution in [0, 0.1) is 0 Å². The van der Waals surface area contributed by atoms with E-state index in [1.54, 1.807) is 24.5 Å². The van der Waals surface area contributed by atoms with Gasteiger partial charge in [-0.3, -0.25) is 9.59 Å². The fourth-order valence-electron chi connectivity index (χ4n) is 2.71. The van der Waals surface area contributed by atoms with Crippen LogP contribution in [0.5, 0.6) is 0 Å². The van der Waals surface area contributed by atoms with Crippen molar-refractivity contribution in [3.8, 4) is 0 Å². The highest BCUT2D eigenvalue weighted by Crippen LogP contribution is 2.36. The summed E-state index contributed by atoms with van der Waals surface area (Å²) in [6, 6.07) is 14.7. The zero-order valence-corrected chi connectivity index (χ0v) is 16.3. The molecule has 4 rings (SSSR count). The van der Waals surface area contributed by atoms with Gasteiger partial charge in [-0.15, -0.1) is 0 Å². The molecular weight excluding hydrogens is 380 g/mol. The molecule has 2 heterocycles. The van der Waals surface area contributed by atoms with Gasteiger partial charge < -0.3 is 0 Å². The van der Waals surface area contributed by atoms with E-state index < -0.39 is 4.08 Å². The molecule has 0 aliphatic rings. The highest BCUT2D eigenvalue weighted by Gasteiger charge is 2.25. The van der Waals surface area contributed by atoms with Crippen molar-refractivity contribution in [1.29, 1.82) is 0 Å². The van der Waals surface area contributed by atoms with Crippen molar-refractivity contribution in [2.24, 2.45) is 0 Å². The molecule has 0 unspecified atom stereocenters. The van der Waals surface area contributed by atoms with Crippen molar-refractivity contribution < 1.29 is 0 Å². The fraction of sp³-hybridized carbons (Fsp3) is 0.158. The van der Waals surface area contributed by atoms with E-state index in [0.717, 1.165) is 10.8 Å². The Labute approximate surface area is 163 Å². The van der Waals surface area contributed by atoms with Gasteiger partial charge in [-0.1, -0.05) is 36.4 Å². The molecule has 0 bridgehead atoms. The molecule has 2 aromatic carbocycles. The third-order valence-corrected chi connectivity index (χ3v) is 6.14. The Hall–Kier alpha value is -2.58. The first-order valence-electron chi connectivity index (χ1n) is 8.28. The van der Waals surface area contributed by atoms with E-state index >= 15 is 0 Å². The summed E-state index contributed by atoms with van der Waals surface area (Å²) < 4.78 is 2.17. The van der Waals surface area contributed by atoms with E-state index in [1.807, 2.05) is 50.2 Å². The lowest BCUT2D eigenvalue weighted by molar-refractivity contribution is 0.881. The summed E-state index contributed by atoms with van der Waals surface area (Å²) in [4.78, 5) is 25.4. The molecule has 4 aromatic rings.